The number of carbonyl (C=O) groups excluding carboxylic acids is 1. The molecule has 0 unspecified atom stereocenters. The summed E-state index contributed by atoms with van der Waals surface area (Å²) >= 11 is 0. The van der Waals surface area contributed by atoms with Crippen LogP contribution in [-0.2, 0) is 6.42 Å². The molecule has 0 radical (unpaired) electrons. The highest BCUT2D eigenvalue weighted by Gasteiger charge is 2.19. The van der Waals surface area contributed by atoms with Crippen LogP contribution in [0.15, 0.2) is 48.6 Å². The molecule has 0 saturated carbocycles. The molecule has 0 atom stereocenters. The van der Waals surface area contributed by atoms with Gasteiger partial charge in [0.05, 0.1) is 14.2 Å². The zero-order valence-corrected chi connectivity index (χ0v) is 12.0. The SMILES string of the molecule is [2H]c1ccc2nc(CC)c(C(=O)c3ccc(OC)cc3)n2c1. The molecule has 2 heterocycles. The Morgan fingerprint density at radius 1 is 1.33 bits per heavy atom. The normalized spacial score (nSPS) is 11.4. The van der Waals surface area contributed by atoms with Crippen LogP contribution in [0.4, 0.5) is 0 Å². The number of fused-ring (bicyclic) bond motifs is 1. The summed E-state index contributed by atoms with van der Waals surface area (Å²) in [6.07, 6.45) is 2.28. The number of aromatic nitrogens is 2. The summed E-state index contributed by atoms with van der Waals surface area (Å²) in [5.74, 6) is 0.608. The van der Waals surface area contributed by atoms with Crippen LogP contribution in [0, 0.1) is 0 Å². The summed E-state index contributed by atoms with van der Waals surface area (Å²) in [4.78, 5) is 17.3. The van der Waals surface area contributed by atoms with Crippen LogP contribution < -0.4 is 4.74 Å². The maximum atomic E-state index is 12.8. The first-order valence-corrected chi connectivity index (χ1v) is 6.80. The van der Waals surface area contributed by atoms with Crippen LogP contribution in [0.3, 0.4) is 0 Å². The summed E-state index contributed by atoms with van der Waals surface area (Å²) in [5, 5.41) is 0. The minimum atomic E-state index is -0.0994. The van der Waals surface area contributed by atoms with Crippen LogP contribution in [0.5, 0.6) is 5.75 Å². The van der Waals surface area contributed by atoms with Gasteiger partial charge in [-0.25, -0.2) is 4.98 Å². The van der Waals surface area contributed by atoms with Crippen molar-refractivity contribution < 1.29 is 10.9 Å². The molecule has 3 aromatic rings. The van der Waals surface area contributed by atoms with Crippen LogP contribution in [0.1, 0.15) is 30.0 Å². The standard InChI is InChI=1S/C17H16N2O2/c1-3-14-16(19-11-5-4-6-15(19)18-14)17(20)12-7-9-13(21-2)10-8-12/h4-11H,3H2,1-2H3/i5D. The maximum absolute atomic E-state index is 12.8. The third kappa shape index (κ3) is 2.29. The van der Waals surface area contributed by atoms with E-state index in [0.717, 1.165) is 5.69 Å². The molecular formula is C17H16N2O2. The van der Waals surface area contributed by atoms with Gasteiger partial charge < -0.3 is 4.74 Å². The zero-order chi connectivity index (χ0) is 15.7. The van der Waals surface area contributed by atoms with E-state index in [2.05, 4.69) is 4.98 Å². The van der Waals surface area contributed by atoms with Gasteiger partial charge in [-0.05, 0) is 42.8 Å². The number of imidazole rings is 1. The molecule has 4 nitrogen and oxygen atoms in total. The molecule has 0 aliphatic heterocycles. The average Bonchev–Trinajstić information content (AvgIpc) is 2.92. The number of nitrogens with zero attached hydrogens (tertiary/aromatic N) is 2. The highest BCUT2D eigenvalue weighted by Crippen LogP contribution is 2.19. The molecule has 3 rings (SSSR count). The number of aryl methyl sites for hydroxylation is 1. The number of ether oxygens (including phenoxy) is 1. The van der Waals surface area contributed by atoms with Gasteiger partial charge in [0, 0.05) is 11.8 Å². The number of pyridine rings is 1. The Morgan fingerprint density at radius 2 is 2.10 bits per heavy atom. The topological polar surface area (TPSA) is 43.6 Å². The Morgan fingerprint density at radius 3 is 2.76 bits per heavy atom. The first kappa shape index (κ1) is 12.1. The fraction of sp³-hybridized carbons (Fsp3) is 0.176. The number of carbonyl (C=O) groups is 1. The number of hydrogen-bond acceptors (Lipinski definition) is 3. The molecule has 0 aliphatic rings. The number of benzene rings is 1. The van der Waals surface area contributed by atoms with Crippen molar-refractivity contribution in [1.82, 2.24) is 9.38 Å². The Labute approximate surface area is 124 Å². The number of rotatable bonds is 4. The molecule has 2 aromatic heterocycles. The van der Waals surface area contributed by atoms with E-state index in [1.54, 1.807) is 54.1 Å². The monoisotopic (exact) mass is 281 g/mol. The first-order chi connectivity index (χ1) is 10.6. The van der Waals surface area contributed by atoms with E-state index in [1.165, 1.54) is 0 Å². The average molecular weight is 281 g/mol. The van der Waals surface area contributed by atoms with Gasteiger partial charge in [0.25, 0.3) is 0 Å². The summed E-state index contributed by atoms with van der Waals surface area (Å²) < 4.78 is 14.6. The van der Waals surface area contributed by atoms with Gasteiger partial charge in [-0.2, -0.15) is 0 Å². The molecule has 0 amide bonds. The highest BCUT2D eigenvalue weighted by molar-refractivity contribution is 6.09. The Hall–Kier alpha value is -2.62. The van der Waals surface area contributed by atoms with Crippen LogP contribution in [-0.4, -0.2) is 22.3 Å². The predicted octanol–water partition coefficient (Wildman–Crippen LogP) is 3.14. The smallest absolute Gasteiger partial charge is 0.211 e. The molecule has 0 N–H and O–H groups in total. The van der Waals surface area contributed by atoms with Crippen molar-refractivity contribution in [2.45, 2.75) is 13.3 Å². The zero-order valence-electron chi connectivity index (χ0n) is 13.0. The number of hydrogen-bond donors (Lipinski definition) is 0. The minimum Gasteiger partial charge on any atom is -0.497 e. The minimum absolute atomic E-state index is 0.0994. The summed E-state index contributed by atoms with van der Waals surface area (Å²) in [6, 6.07) is 10.8. The first-order valence-electron chi connectivity index (χ1n) is 7.30. The quantitative estimate of drug-likeness (QED) is 0.690. The third-order valence-electron chi connectivity index (χ3n) is 3.45. The van der Waals surface area contributed by atoms with Crippen molar-refractivity contribution in [2.24, 2.45) is 0 Å². The van der Waals surface area contributed by atoms with Gasteiger partial charge in [0.2, 0.25) is 5.78 Å². The Balaban J connectivity index is 2.14. The Kier molecular flexibility index (Phi) is 3.12. The molecule has 0 bridgehead atoms. The van der Waals surface area contributed by atoms with E-state index >= 15 is 0 Å². The van der Waals surface area contributed by atoms with E-state index in [0.29, 0.717) is 35.1 Å². The molecule has 1 aromatic carbocycles. The molecule has 21 heavy (non-hydrogen) atoms. The van der Waals surface area contributed by atoms with Gasteiger partial charge in [0.15, 0.2) is 0 Å². The second-order valence-electron chi connectivity index (χ2n) is 4.68. The van der Waals surface area contributed by atoms with Crippen molar-refractivity contribution in [3.05, 3.63) is 65.6 Å². The van der Waals surface area contributed by atoms with Gasteiger partial charge in [-0.1, -0.05) is 13.0 Å². The number of ketones is 1. The number of methoxy groups -OCH3 is 1. The highest BCUT2D eigenvalue weighted by atomic mass is 16.5. The molecule has 0 saturated heterocycles. The third-order valence-corrected chi connectivity index (χ3v) is 3.45. The molecule has 0 fully saturated rings. The van der Waals surface area contributed by atoms with Crippen LogP contribution in [0.25, 0.3) is 5.65 Å². The lowest BCUT2D eigenvalue weighted by Gasteiger charge is -2.05. The van der Waals surface area contributed by atoms with E-state index in [-0.39, 0.29) is 5.78 Å². The van der Waals surface area contributed by atoms with E-state index < -0.39 is 0 Å². The second kappa shape index (κ2) is 5.40. The van der Waals surface area contributed by atoms with E-state index in [1.807, 2.05) is 6.92 Å². The second-order valence-corrected chi connectivity index (χ2v) is 4.68. The van der Waals surface area contributed by atoms with Crippen molar-refractivity contribution in [3.8, 4) is 5.75 Å². The van der Waals surface area contributed by atoms with Crippen molar-refractivity contribution in [3.63, 3.8) is 0 Å². The van der Waals surface area contributed by atoms with Crippen molar-refractivity contribution in [2.75, 3.05) is 7.11 Å². The van der Waals surface area contributed by atoms with Crippen LogP contribution >= 0.6 is 0 Å². The summed E-state index contributed by atoms with van der Waals surface area (Å²) in [7, 11) is 1.59. The molecule has 0 spiro atoms. The van der Waals surface area contributed by atoms with E-state index in [9.17, 15) is 4.79 Å². The fourth-order valence-electron chi connectivity index (χ4n) is 2.35. The lowest BCUT2D eigenvalue weighted by molar-refractivity contribution is 0.103. The largest absolute Gasteiger partial charge is 0.497 e. The van der Waals surface area contributed by atoms with Gasteiger partial charge in [0.1, 0.15) is 17.1 Å². The van der Waals surface area contributed by atoms with Crippen LogP contribution in [0.2, 0.25) is 0 Å². The maximum Gasteiger partial charge on any atom is 0.211 e. The fourth-order valence-corrected chi connectivity index (χ4v) is 2.35. The summed E-state index contributed by atoms with van der Waals surface area (Å²) in [6.45, 7) is 1.97. The molecule has 4 heteroatoms. The summed E-state index contributed by atoms with van der Waals surface area (Å²) in [5.41, 5.74) is 2.53. The Bertz CT molecular complexity index is 838. The van der Waals surface area contributed by atoms with E-state index in [4.69, 9.17) is 6.11 Å². The van der Waals surface area contributed by atoms with Crippen molar-refractivity contribution in [1.29, 1.82) is 0 Å². The van der Waals surface area contributed by atoms with Crippen molar-refractivity contribution >= 4 is 11.4 Å². The molecule has 106 valence electrons. The van der Waals surface area contributed by atoms with Gasteiger partial charge in [-0.15, -0.1) is 0 Å². The lowest BCUT2D eigenvalue weighted by atomic mass is 10.1. The lowest BCUT2D eigenvalue weighted by Crippen LogP contribution is -2.08. The molecular weight excluding hydrogens is 264 g/mol. The van der Waals surface area contributed by atoms with Gasteiger partial charge in [-0.3, -0.25) is 9.20 Å². The molecule has 0 aliphatic carbocycles. The van der Waals surface area contributed by atoms with Gasteiger partial charge >= 0.3 is 0 Å². The predicted molar refractivity (Wildman–Crippen MR) is 81.0 cm³/mol.